The molecule has 100 valence electrons. The molecule has 0 radical (unpaired) electrons. The molecule has 0 aliphatic carbocycles. The molecule has 0 aromatic heterocycles. The maximum absolute atomic E-state index is 14.0. The van der Waals surface area contributed by atoms with Crippen molar-refractivity contribution in [3.63, 3.8) is 0 Å². The standard InChI is InChI=1S/C15H15FINO/c1-2-11-8-12(15(18)13(16)14(11)17)19-9-10-6-4-3-5-7-10/h3-8H,2,9,18H2,1H3. The maximum Gasteiger partial charge on any atom is 0.163 e. The summed E-state index contributed by atoms with van der Waals surface area (Å²) in [6.45, 7) is 2.36. The van der Waals surface area contributed by atoms with E-state index in [1.165, 1.54) is 0 Å². The Balaban J connectivity index is 2.23. The number of aryl methyl sites for hydroxylation is 1. The third-order valence-corrected chi connectivity index (χ3v) is 4.07. The number of halogens is 2. The average molecular weight is 371 g/mol. The van der Waals surface area contributed by atoms with Gasteiger partial charge in [0.05, 0.1) is 3.57 Å². The summed E-state index contributed by atoms with van der Waals surface area (Å²) in [6, 6.07) is 11.6. The molecule has 2 aromatic carbocycles. The Bertz CT molecular complexity index is 572. The molecule has 4 heteroatoms. The monoisotopic (exact) mass is 371 g/mol. The van der Waals surface area contributed by atoms with Gasteiger partial charge in [-0.05, 0) is 46.2 Å². The Kier molecular flexibility index (Phi) is 4.63. The van der Waals surface area contributed by atoms with Gasteiger partial charge in [-0.3, -0.25) is 0 Å². The fraction of sp³-hybridized carbons (Fsp3) is 0.200. The highest BCUT2D eigenvalue weighted by molar-refractivity contribution is 14.1. The number of rotatable bonds is 4. The van der Waals surface area contributed by atoms with Crippen LogP contribution in [0.25, 0.3) is 0 Å². The summed E-state index contributed by atoms with van der Waals surface area (Å²) >= 11 is 1.98. The summed E-state index contributed by atoms with van der Waals surface area (Å²) in [7, 11) is 0. The second kappa shape index (κ2) is 6.23. The fourth-order valence-corrected chi connectivity index (χ4v) is 2.61. The van der Waals surface area contributed by atoms with Crippen LogP contribution in [-0.4, -0.2) is 0 Å². The van der Waals surface area contributed by atoms with Crippen molar-refractivity contribution < 1.29 is 9.13 Å². The van der Waals surface area contributed by atoms with Gasteiger partial charge >= 0.3 is 0 Å². The maximum atomic E-state index is 14.0. The van der Waals surface area contributed by atoms with Gasteiger partial charge in [0.15, 0.2) is 5.82 Å². The summed E-state index contributed by atoms with van der Waals surface area (Å²) in [5.41, 5.74) is 7.79. The molecule has 19 heavy (non-hydrogen) atoms. The van der Waals surface area contributed by atoms with E-state index in [4.69, 9.17) is 10.5 Å². The first-order chi connectivity index (χ1) is 9.13. The Morgan fingerprint density at radius 3 is 2.58 bits per heavy atom. The predicted octanol–water partition coefficient (Wildman–Crippen LogP) is 4.15. The second-order valence-electron chi connectivity index (χ2n) is 4.20. The number of anilines is 1. The van der Waals surface area contributed by atoms with Crippen molar-refractivity contribution >= 4 is 28.3 Å². The van der Waals surface area contributed by atoms with Gasteiger partial charge in [-0.25, -0.2) is 4.39 Å². The Morgan fingerprint density at radius 1 is 1.26 bits per heavy atom. The second-order valence-corrected chi connectivity index (χ2v) is 5.28. The van der Waals surface area contributed by atoms with E-state index in [0.29, 0.717) is 15.9 Å². The number of nitrogen functional groups attached to an aromatic ring is 1. The van der Waals surface area contributed by atoms with Crippen LogP contribution in [0.1, 0.15) is 18.1 Å². The van der Waals surface area contributed by atoms with Crippen molar-refractivity contribution in [3.05, 3.63) is 56.9 Å². The number of nitrogens with two attached hydrogens (primary N) is 1. The largest absolute Gasteiger partial charge is 0.487 e. The number of benzene rings is 2. The van der Waals surface area contributed by atoms with Crippen molar-refractivity contribution in [2.24, 2.45) is 0 Å². The van der Waals surface area contributed by atoms with Crippen molar-refractivity contribution in [2.45, 2.75) is 20.0 Å². The van der Waals surface area contributed by atoms with E-state index in [1.807, 2.05) is 65.9 Å². The van der Waals surface area contributed by atoms with E-state index >= 15 is 0 Å². The van der Waals surface area contributed by atoms with Crippen LogP contribution in [-0.2, 0) is 13.0 Å². The minimum atomic E-state index is -0.386. The Hall–Kier alpha value is -1.30. The molecule has 0 aliphatic rings. The molecular formula is C15H15FINO. The molecule has 0 amide bonds. The van der Waals surface area contributed by atoms with Gasteiger partial charge in [-0.15, -0.1) is 0 Å². The average Bonchev–Trinajstić information content (AvgIpc) is 2.45. The predicted molar refractivity (Wildman–Crippen MR) is 83.7 cm³/mol. The smallest absolute Gasteiger partial charge is 0.163 e. The molecule has 0 atom stereocenters. The van der Waals surface area contributed by atoms with E-state index < -0.39 is 0 Å². The summed E-state index contributed by atoms with van der Waals surface area (Å²) in [6.07, 6.45) is 0.747. The molecule has 0 bridgehead atoms. The molecule has 2 N–H and O–H groups in total. The van der Waals surface area contributed by atoms with Crippen molar-refractivity contribution in [1.29, 1.82) is 0 Å². The Labute approximate surface area is 125 Å². The SMILES string of the molecule is CCc1cc(OCc2ccccc2)c(N)c(F)c1I. The van der Waals surface area contributed by atoms with Crippen LogP contribution in [0.3, 0.4) is 0 Å². The first-order valence-electron chi connectivity index (χ1n) is 6.06. The molecule has 2 nitrogen and oxygen atoms in total. The minimum Gasteiger partial charge on any atom is -0.487 e. The number of hydrogen-bond acceptors (Lipinski definition) is 2. The van der Waals surface area contributed by atoms with Crippen LogP contribution in [0.2, 0.25) is 0 Å². The van der Waals surface area contributed by atoms with Crippen molar-refractivity contribution in [3.8, 4) is 5.75 Å². The summed E-state index contributed by atoms with van der Waals surface area (Å²) < 4.78 is 20.2. The van der Waals surface area contributed by atoms with Crippen molar-refractivity contribution in [2.75, 3.05) is 5.73 Å². The molecule has 0 spiro atoms. The van der Waals surface area contributed by atoms with Gasteiger partial charge in [0.25, 0.3) is 0 Å². The zero-order valence-electron chi connectivity index (χ0n) is 10.6. The first kappa shape index (κ1) is 14.1. The summed E-state index contributed by atoms with van der Waals surface area (Å²) in [4.78, 5) is 0. The topological polar surface area (TPSA) is 35.2 Å². The molecule has 0 saturated carbocycles. The van der Waals surface area contributed by atoms with E-state index in [-0.39, 0.29) is 11.5 Å². The summed E-state index contributed by atoms with van der Waals surface area (Å²) in [5, 5.41) is 0. The quantitative estimate of drug-likeness (QED) is 0.647. The molecule has 0 fully saturated rings. The number of hydrogen-bond donors (Lipinski definition) is 1. The number of ether oxygens (including phenoxy) is 1. The molecule has 0 unspecified atom stereocenters. The van der Waals surface area contributed by atoms with Crippen molar-refractivity contribution in [1.82, 2.24) is 0 Å². The van der Waals surface area contributed by atoms with Crippen LogP contribution in [0.5, 0.6) is 5.75 Å². The molecule has 0 heterocycles. The van der Waals surface area contributed by atoms with Gasteiger partial charge in [-0.2, -0.15) is 0 Å². The highest BCUT2D eigenvalue weighted by atomic mass is 127. The van der Waals surface area contributed by atoms with Crippen LogP contribution in [0.4, 0.5) is 10.1 Å². The van der Waals surface area contributed by atoms with E-state index in [0.717, 1.165) is 17.5 Å². The zero-order valence-corrected chi connectivity index (χ0v) is 12.8. The lowest BCUT2D eigenvalue weighted by atomic mass is 10.1. The molecule has 2 rings (SSSR count). The van der Waals surface area contributed by atoms with Crippen LogP contribution >= 0.6 is 22.6 Å². The van der Waals surface area contributed by atoms with Crippen LogP contribution in [0, 0.1) is 9.39 Å². The fourth-order valence-electron chi connectivity index (χ4n) is 1.78. The first-order valence-corrected chi connectivity index (χ1v) is 7.14. The lowest BCUT2D eigenvalue weighted by Gasteiger charge is -2.13. The lowest BCUT2D eigenvalue weighted by molar-refractivity contribution is 0.306. The normalized spacial score (nSPS) is 10.5. The van der Waals surface area contributed by atoms with Gasteiger partial charge in [0, 0.05) is 0 Å². The minimum absolute atomic E-state index is 0.0810. The molecule has 2 aromatic rings. The third kappa shape index (κ3) is 3.18. The molecular weight excluding hydrogens is 356 g/mol. The van der Waals surface area contributed by atoms with Gasteiger partial charge in [0.1, 0.15) is 18.0 Å². The van der Waals surface area contributed by atoms with E-state index in [2.05, 4.69) is 0 Å². The highest BCUT2D eigenvalue weighted by Crippen LogP contribution is 2.32. The van der Waals surface area contributed by atoms with E-state index in [1.54, 1.807) is 0 Å². The van der Waals surface area contributed by atoms with Gasteiger partial charge in [-0.1, -0.05) is 37.3 Å². The van der Waals surface area contributed by atoms with Crippen LogP contribution in [0.15, 0.2) is 36.4 Å². The lowest BCUT2D eigenvalue weighted by Crippen LogP contribution is -2.04. The zero-order chi connectivity index (χ0) is 13.8. The van der Waals surface area contributed by atoms with Gasteiger partial charge in [0.2, 0.25) is 0 Å². The van der Waals surface area contributed by atoms with Crippen LogP contribution < -0.4 is 10.5 Å². The molecule has 0 aliphatic heterocycles. The van der Waals surface area contributed by atoms with E-state index in [9.17, 15) is 4.39 Å². The molecule has 0 saturated heterocycles. The highest BCUT2D eigenvalue weighted by Gasteiger charge is 2.14. The Morgan fingerprint density at radius 2 is 1.95 bits per heavy atom. The van der Waals surface area contributed by atoms with Gasteiger partial charge < -0.3 is 10.5 Å². The third-order valence-electron chi connectivity index (χ3n) is 2.90. The summed E-state index contributed by atoms with van der Waals surface area (Å²) in [5.74, 6) is 0.0293.